The Morgan fingerprint density at radius 2 is 2.14 bits per heavy atom. The quantitative estimate of drug-likeness (QED) is 0.735. The van der Waals surface area contributed by atoms with Crippen LogP contribution in [0.25, 0.3) is 0 Å². The average Bonchev–Trinajstić information content (AvgIpc) is 2.54. The molecule has 21 heavy (non-hydrogen) atoms. The molecule has 0 aliphatic heterocycles. The monoisotopic (exact) mass is 286 g/mol. The molecule has 2 rings (SSSR count). The summed E-state index contributed by atoms with van der Waals surface area (Å²) >= 11 is 0. The van der Waals surface area contributed by atoms with E-state index in [0.29, 0.717) is 13.0 Å². The second-order valence-electron chi connectivity index (χ2n) is 5.13. The lowest BCUT2D eigenvalue weighted by molar-refractivity contribution is 0.429. The predicted molar refractivity (Wildman–Crippen MR) is 87.7 cm³/mol. The van der Waals surface area contributed by atoms with Gasteiger partial charge >= 0.3 is 0 Å². The highest BCUT2D eigenvalue weighted by Gasteiger charge is 2.05. The second-order valence-corrected chi connectivity index (χ2v) is 5.13. The van der Waals surface area contributed by atoms with Crippen LogP contribution in [-0.4, -0.2) is 18.1 Å². The largest absolute Gasteiger partial charge is 0.368 e. The van der Waals surface area contributed by atoms with Crippen molar-refractivity contribution < 1.29 is 4.39 Å². The number of benzene rings is 1. The molecular weight excluding hydrogens is 263 g/mol. The number of rotatable bonds is 7. The standard InChI is InChI=1S/C18H23FN2/c1-2-17-10-6-7-11-18(17)20-15-21(13-12-19)14-16-8-4-3-5-9-16/h4,6-13,20H,2-3,5,14-15H2,1H3/b13-12+. The van der Waals surface area contributed by atoms with Gasteiger partial charge in [0.05, 0.1) is 6.67 Å². The summed E-state index contributed by atoms with van der Waals surface area (Å²) in [5.74, 6) is 0. The van der Waals surface area contributed by atoms with E-state index in [1.54, 1.807) is 0 Å². The van der Waals surface area contributed by atoms with Gasteiger partial charge in [0, 0.05) is 18.4 Å². The van der Waals surface area contributed by atoms with Gasteiger partial charge in [-0.15, -0.1) is 0 Å². The Morgan fingerprint density at radius 3 is 2.86 bits per heavy atom. The SMILES string of the molecule is CCc1ccccc1NCN(/C=C/F)CC1=CCCC=C1. The Labute approximate surface area is 126 Å². The van der Waals surface area contributed by atoms with Crippen LogP contribution < -0.4 is 5.32 Å². The van der Waals surface area contributed by atoms with Gasteiger partial charge < -0.3 is 10.2 Å². The van der Waals surface area contributed by atoms with Crippen LogP contribution in [-0.2, 0) is 6.42 Å². The van der Waals surface area contributed by atoms with Crippen LogP contribution in [0.15, 0.2) is 60.6 Å². The summed E-state index contributed by atoms with van der Waals surface area (Å²) in [6.45, 7) is 3.44. The molecule has 0 unspecified atom stereocenters. The molecule has 1 N–H and O–H groups in total. The van der Waals surface area contributed by atoms with Gasteiger partial charge in [0.25, 0.3) is 0 Å². The lowest BCUT2D eigenvalue weighted by Gasteiger charge is -2.23. The first kappa shape index (κ1) is 15.4. The zero-order chi connectivity index (χ0) is 14.9. The number of nitrogens with one attached hydrogen (secondary N) is 1. The van der Waals surface area contributed by atoms with Crippen molar-refractivity contribution in [2.45, 2.75) is 26.2 Å². The fourth-order valence-corrected chi connectivity index (χ4v) is 2.45. The van der Waals surface area contributed by atoms with E-state index in [1.165, 1.54) is 17.3 Å². The van der Waals surface area contributed by atoms with Gasteiger partial charge in [-0.05, 0) is 36.5 Å². The van der Waals surface area contributed by atoms with E-state index in [9.17, 15) is 4.39 Å². The summed E-state index contributed by atoms with van der Waals surface area (Å²) in [7, 11) is 0. The van der Waals surface area contributed by atoms with Crippen molar-refractivity contribution in [3.63, 3.8) is 0 Å². The number of aryl methyl sites for hydroxylation is 1. The topological polar surface area (TPSA) is 15.3 Å². The number of nitrogens with zero attached hydrogens (tertiary/aromatic N) is 1. The second kappa shape index (κ2) is 8.30. The number of anilines is 1. The minimum absolute atomic E-state index is 0.586. The van der Waals surface area contributed by atoms with Gasteiger partial charge in [0.1, 0.15) is 6.33 Å². The number of hydrogen-bond acceptors (Lipinski definition) is 2. The number of allylic oxidation sites excluding steroid dienone is 2. The third-order valence-electron chi connectivity index (χ3n) is 3.60. The summed E-state index contributed by atoms with van der Waals surface area (Å²) in [5, 5.41) is 3.40. The molecule has 1 aliphatic carbocycles. The van der Waals surface area contributed by atoms with Gasteiger partial charge in [-0.2, -0.15) is 0 Å². The molecule has 0 radical (unpaired) electrons. The van der Waals surface area contributed by atoms with Crippen LogP contribution in [0.5, 0.6) is 0 Å². The molecule has 0 saturated heterocycles. The van der Waals surface area contributed by atoms with Crippen molar-refractivity contribution in [1.29, 1.82) is 0 Å². The number of para-hydroxylation sites is 1. The summed E-state index contributed by atoms with van der Waals surface area (Å²) in [5.41, 5.74) is 3.63. The van der Waals surface area contributed by atoms with Gasteiger partial charge in [0.2, 0.25) is 0 Å². The first-order valence-corrected chi connectivity index (χ1v) is 7.51. The molecule has 0 spiro atoms. The molecule has 1 aromatic rings. The fourth-order valence-electron chi connectivity index (χ4n) is 2.45. The van der Waals surface area contributed by atoms with E-state index >= 15 is 0 Å². The van der Waals surface area contributed by atoms with Crippen LogP contribution >= 0.6 is 0 Å². The van der Waals surface area contributed by atoms with E-state index in [0.717, 1.165) is 31.5 Å². The highest BCUT2D eigenvalue weighted by atomic mass is 19.1. The zero-order valence-corrected chi connectivity index (χ0v) is 12.6. The first-order chi connectivity index (χ1) is 10.3. The lowest BCUT2D eigenvalue weighted by Crippen LogP contribution is -2.26. The molecule has 0 saturated carbocycles. The molecule has 0 amide bonds. The number of halogens is 1. The minimum Gasteiger partial charge on any atom is -0.368 e. The highest BCUT2D eigenvalue weighted by Crippen LogP contribution is 2.16. The third-order valence-corrected chi connectivity index (χ3v) is 3.60. The van der Waals surface area contributed by atoms with Crippen LogP contribution in [0.4, 0.5) is 10.1 Å². The molecule has 0 atom stereocenters. The molecule has 1 aliphatic rings. The molecule has 3 heteroatoms. The molecule has 0 bridgehead atoms. The Kier molecular flexibility index (Phi) is 6.07. The van der Waals surface area contributed by atoms with Crippen molar-refractivity contribution in [3.8, 4) is 0 Å². The van der Waals surface area contributed by atoms with Crippen molar-refractivity contribution >= 4 is 5.69 Å². The molecule has 112 valence electrons. The van der Waals surface area contributed by atoms with Gasteiger partial charge in [0.15, 0.2) is 0 Å². The molecule has 2 nitrogen and oxygen atoms in total. The maximum atomic E-state index is 12.6. The summed E-state index contributed by atoms with van der Waals surface area (Å²) in [4.78, 5) is 1.94. The minimum atomic E-state index is 0.586. The smallest absolute Gasteiger partial charge is 0.103 e. The summed E-state index contributed by atoms with van der Waals surface area (Å²) in [6.07, 6.45) is 11.8. The first-order valence-electron chi connectivity index (χ1n) is 7.51. The predicted octanol–water partition coefficient (Wildman–Crippen LogP) is 4.64. The van der Waals surface area contributed by atoms with Crippen molar-refractivity contribution in [1.82, 2.24) is 4.90 Å². The molecule has 0 heterocycles. The van der Waals surface area contributed by atoms with Crippen molar-refractivity contribution in [2.24, 2.45) is 0 Å². The maximum absolute atomic E-state index is 12.6. The van der Waals surface area contributed by atoms with Crippen molar-refractivity contribution in [2.75, 3.05) is 18.5 Å². The summed E-state index contributed by atoms with van der Waals surface area (Å²) in [6, 6.07) is 8.24. The van der Waals surface area contributed by atoms with Crippen LogP contribution in [0.1, 0.15) is 25.3 Å². The average molecular weight is 286 g/mol. The third kappa shape index (κ3) is 4.78. The van der Waals surface area contributed by atoms with E-state index in [4.69, 9.17) is 0 Å². The van der Waals surface area contributed by atoms with Crippen LogP contribution in [0.2, 0.25) is 0 Å². The Bertz CT molecular complexity index is 532. The Morgan fingerprint density at radius 1 is 1.29 bits per heavy atom. The van der Waals surface area contributed by atoms with E-state index in [1.807, 2.05) is 17.0 Å². The van der Waals surface area contributed by atoms with E-state index < -0.39 is 0 Å². The number of hydrogen-bond donors (Lipinski definition) is 1. The van der Waals surface area contributed by atoms with E-state index in [2.05, 4.69) is 42.6 Å². The fraction of sp³-hybridized carbons (Fsp3) is 0.333. The highest BCUT2D eigenvalue weighted by molar-refractivity contribution is 5.51. The Balaban J connectivity index is 1.96. The van der Waals surface area contributed by atoms with Crippen LogP contribution in [0, 0.1) is 0 Å². The van der Waals surface area contributed by atoms with Gasteiger partial charge in [-0.25, -0.2) is 4.39 Å². The maximum Gasteiger partial charge on any atom is 0.103 e. The lowest BCUT2D eigenvalue weighted by atomic mass is 10.1. The van der Waals surface area contributed by atoms with Gasteiger partial charge in [-0.1, -0.05) is 43.4 Å². The molecule has 0 fully saturated rings. The van der Waals surface area contributed by atoms with Gasteiger partial charge in [-0.3, -0.25) is 0 Å². The molecule has 0 aromatic heterocycles. The normalized spacial score (nSPS) is 14.3. The van der Waals surface area contributed by atoms with Crippen LogP contribution in [0.3, 0.4) is 0 Å². The molecular formula is C18H23FN2. The zero-order valence-electron chi connectivity index (χ0n) is 12.6. The van der Waals surface area contributed by atoms with Crippen molar-refractivity contribution in [3.05, 3.63) is 66.2 Å². The summed E-state index contributed by atoms with van der Waals surface area (Å²) < 4.78 is 12.6. The Hall–Kier alpha value is -2.03. The van der Waals surface area contributed by atoms with E-state index in [-0.39, 0.29) is 0 Å². The molecule has 1 aromatic carbocycles.